The van der Waals surface area contributed by atoms with Gasteiger partial charge in [-0.2, -0.15) is 5.10 Å². The molecule has 1 aromatic heterocycles. The van der Waals surface area contributed by atoms with Crippen LogP contribution in [0.5, 0.6) is 5.75 Å². The molecular weight excluding hydrogens is 292 g/mol. The summed E-state index contributed by atoms with van der Waals surface area (Å²) < 4.78 is 6.90. The third kappa shape index (κ3) is 4.32. The van der Waals surface area contributed by atoms with Crippen molar-refractivity contribution >= 4 is 5.91 Å². The molecule has 1 heterocycles. The SMILES string of the molecule is CCC(C)C(N)C(=O)NCc1ccn(-c2ccc(OC)cc2)n1. The van der Waals surface area contributed by atoms with Gasteiger partial charge in [0.2, 0.25) is 5.91 Å². The van der Waals surface area contributed by atoms with Crippen LogP contribution in [0, 0.1) is 5.92 Å². The van der Waals surface area contributed by atoms with E-state index in [4.69, 9.17) is 10.5 Å². The Morgan fingerprint density at radius 1 is 1.35 bits per heavy atom. The van der Waals surface area contributed by atoms with Gasteiger partial charge in [0, 0.05) is 6.20 Å². The van der Waals surface area contributed by atoms with E-state index in [1.54, 1.807) is 11.8 Å². The van der Waals surface area contributed by atoms with E-state index in [1.165, 1.54) is 0 Å². The molecule has 3 N–H and O–H groups in total. The highest BCUT2D eigenvalue weighted by Gasteiger charge is 2.19. The highest BCUT2D eigenvalue weighted by Crippen LogP contribution is 2.14. The van der Waals surface area contributed by atoms with E-state index in [2.05, 4.69) is 10.4 Å². The zero-order valence-electron chi connectivity index (χ0n) is 13.8. The predicted octanol–water partition coefficient (Wildman–Crippen LogP) is 1.87. The highest BCUT2D eigenvalue weighted by molar-refractivity contribution is 5.81. The molecular formula is C17H24N4O2. The minimum Gasteiger partial charge on any atom is -0.497 e. The standard InChI is InChI=1S/C17H24N4O2/c1-4-12(2)16(18)17(22)19-11-13-9-10-21(20-13)14-5-7-15(23-3)8-6-14/h5-10,12,16H,4,11,18H2,1-3H3,(H,19,22). The monoisotopic (exact) mass is 316 g/mol. The number of nitrogens with one attached hydrogen (secondary N) is 1. The van der Waals surface area contributed by atoms with Crippen LogP contribution in [0.25, 0.3) is 5.69 Å². The summed E-state index contributed by atoms with van der Waals surface area (Å²) in [6.07, 6.45) is 2.73. The van der Waals surface area contributed by atoms with Crippen molar-refractivity contribution in [1.82, 2.24) is 15.1 Å². The number of amides is 1. The molecule has 0 aliphatic carbocycles. The predicted molar refractivity (Wildman–Crippen MR) is 89.4 cm³/mol. The average molecular weight is 316 g/mol. The summed E-state index contributed by atoms with van der Waals surface area (Å²) in [5.41, 5.74) is 7.62. The maximum absolute atomic E-state index is 12.0. The van der Waals surface area contributed by atoms with Gasteiger partial charge >= 0.3 is 0 Å². The fourth-order valence-corrected chi connectivity index (χ4v) is 2.14. The molecule has 0 aliphatic rings. The highest BCUT2D eigenvalue weighted by atomic mass is 16.5. The smallest absolute Gasteiger partial charge is 0.237 e. The van der Waals surface area contributed by atoms with Crippen molar-refractivity contribution in [3.63, 3.8) is 0 Å². The van der Waals surface area contributed by atoms with Crippen molar-refractivity contribution in [2.24, 2.45) is 11.7 Å². The third-order valence-electron chi connectivity index (χ3n) is 3.98. The topological polar surface area (TPSA) is 82.2 Å². The lowest BCUT2D eigenvalue weighted by molar-refractivity contribution is -0.123. The minimum absolute atomic E-state index is 0.140. The van der Waals surface area contributed by atoms with Crippen molar-refractivity contribution in [2.75, 3.05) is 7.11 Å². The quantitative estimate of drug-likeness (QED) is 0.817. The van der Waals surface area contributed by atoms with Gasteiger partial charge in [0.05, 0.1) is 31.1 Å². The molecule has 2 atom stereocenters. The van der Waals surface area contributed by atoms with Gasteiger partial charge in [-0.3, -0.25) is 4.79 Å². The van der Waals surface area contributed by atoms with Crippen LogP contribution in [0.3, 0.4) is 0 Å². The lowest BCUT2D eigenvalue weighted by atomic mass is 9.99. The summed E-state index contributed by atoms with van der Waals surface area (Å²) in [5, 5.41) is 7.29. The van der Waals surface area contributed by atoms with E-state index in [0.29, 0.717) is 6.54 Å². The van der Waals surface area contributed by atoms with Gasteiger partial charge in [0.25, 0.3) is 0 Å². The summed E-state index contributed by atoms with van der Waals surface area (Å²) in [4.78, 5) is 12.0. The molecule has 2 aromatic rings. The van der Waals surface area contributed by atoms with Crippen molar-refractivity contribution in [1.29, 1.82) is 0 Å². The van der Waals surface area contributed by atoms with Crippen LogP contribution in [0.15, 0.2) is 36.5 Å². The Balaban J connectivity index is 1.95. The number of carbonyl (C=O) groups is 1. The van der Waals surface area contributed by atoms with E-state index in [0.717, 1.165) is 23.6 Å². The second-order valence-electron chi connectivity index (χ2n) is 5.58. The van der Waals surface area contributed by atoms with Crippen molar-refractivity contribution in [3.05, 3.63) is 42.2 Å². The van der Waals surface area contributed by atoms with Gasteiger partial charge in [-0.05, 0) is 36.2 Å². The average Bonchev–Trinajstić information content (AvgIpc) is 3.07. The van der Waals surface area contributed by atoms with Gasteiger partial charge < -0.3 is 15.8 Å². The third-order valence-corrected chi connectivity index (χ3v) is 3.98. The number of aromatic nitrogens is 2. The second-order valence-corrected chi connectivity index (χ2v) is 5.58. The molecule has 0 aliphatic heterocycles. The van der Waals surface area contributed by atoms with E-state index >= 15 is 0 Å². The zero-order valence-corrected chi connectivity index (χ0v) is 13.8. The van der Waals surface area contributed by atoms with Gasteiger partial charge in [-0.15, -0.1) is 0 Å². The van der Waals surface area contributed by atoms with Crippen LogP contribution in [0.2, 0.25) is 0 Å². The Morgan fingerprint density at radius 3 is 2.65 bits per heavy atom. The van der Waals surface area contributed by atoms with Crippen molar-refractivity contribution < 1.29 is 9.53 Å². The largest absolute Gasteiger partial charge is 0.497 e. The summed E-state index contributed by atoms with van der Waals surface area (Å²) in [6.45, 7) is 4.36. The van der Waals surface area contributed by atoms with Crippen LogP contribution < -0.4 is 15.8 Å². The molecule has 6 heteroatoms. The second kappa shape index (κ2) is 7.78. The van der Waals surface area contributed by atoms with Crippen LogP contribution in [-0.2, 0) is 11.3 Å². The Bertz CT molecular complexity index is 636. The molecule has 0 bridgehead atoms. The lowest BCUT2D eigenvalue weighted by Gasteiger charge is -2.17. The first kappa shape index (κ1) is 17.0. The summed E-state index contributed by atoms with van der Waals surface area (Å²) in [7, 11) is 1.63. The molecule has 124 valence electrons. The van der Waals surface area contributed by atoms with Crippen LogP contribution >= 0.6 is 0 Å². The molecule has 2 rings (SSSR count). The molecule has 0 fully saturated rings. The molecule has 0 saturated carbocycles. The van der Waals surface area contributed by atoms with E-state index in [1.807, 2.05) is 50.4 Å². The van der Waals surface area contributed by atoms with Gasteiger partial charge in [-0.1, -0.05) is 20.3 Å². The van der Waals surface area contributed by atoms with E-state index in [9.17, 15) is 4.79 Å². The Labute approximate surface area is 136 Å². The van der Waals surface area contributed by atoms with Gasteiger partial charge in [-0.25, -0.2) is 4.68 Å². The maximum Gasteiger partial charge on any atom is 0.237 e. The lowest BCUT2D eigenvalue weighted by Crippen LogP contribution is -2.44. The number of carbonyl (C=O) groups excluding carboxylic acids is 1. The normalized spacial score (nSPS) is 13.4. The Hall–Kier alpha value is -2.34. The van der Waals surface area contributed by atoms with E-state index < -0.39 is 6.04 Å². The zero-order chi connectivity index (χ0) is 16.8. The first-order valence-corrected chi connectivity index (χ1v) is 7.77. The number of nitrogens with zero attached hydrogens (tertiary/aromatic N) is 2. The maximum atomic E-state index is 12.0. The number of methoxy groups -OCH3 is 1. The fourth-order valence-electron chi connectivity index (χ4n) is 2.14. The molecule has 23 heavy (non-hydrogen) atoms. The van der Waals surface area contributed by atoms with Gasteiger partial charge in [0.1, 0.15) is 5.75 Å². The van der Waals surface area contributed by atoms with Crippen LogP contribution in [0.4, 0.5) is 0 Å². The van der Waals surface area contributed by atoms with E-state index in [-0.39, 0.29) is 11.8 Å². The molecule has 0 spiro atoms. The van der Waals surface area contributed by atoms with Crippen molar-refractivity contribution in [3.8, 4) is 11.4 Å². The number of nitrogens with two attached hydrogens (primary N) is 1. The molecule has 1 aromatic carbocycles. The fraction of sp³-hybridized carbons (Fsp3) is 0.412. The first-order chi connectivity index (χ1) is 11.0. The Kier molecular flexibility index (Phi) is 5.76. The number of ether oxygens (including phenoxy) is 1. The molecule has 0 radical (unpaired) electrons. The van der Waals surface area contributed by atoms with Crippen LogP contribution in [0.1, 0.15) is 26.0 Å². The van der Waals surface area contributed by atoms with Crippen LogP contribution in [-0.4, -0.2) is 28.8 Å². The number of benzene rings is 1. The molecule has 2 unspecified atom stereocenters. The Morgan fingerprint density at radius 2 is 2.04 bits per heavy atom. The molecule has 1 amide bonds. The number of hydrogen-bond acceptors (Lipinski definition) is 4. The summed E-state index contributed by atoms with van der Waals surface area (Å²) in [6, 6.07) is 9.00. The number of rotatable bonds is 7. The summed E-state index contributed by atoms with van der Waals surface area (Å²) >= 11 is 0. The first-order valence-electron chi connectivity index (χ1n) is 7.77. The molecule has 6 nitrogen and oxygen atoms in total. The van der Waals surface area contributed by atoms with Crippen molar-refractivity contribution in [2.45, 2.75) is 32.9 Å². The summed E-state index contributed by atoms with van der Waals surface area (Å²) in [5.74, 6) is 0.817. The van der Waals surface area contributed by atoms with Gasteiger partial charge in [0.15, 0.2) is 0 Å². The minimum atomic E-state index is -0.483. The number of hydrogen-bond donors (Lipinski definition) is 2. The molecule has 0 saturated heterocycles.